The first-order valence-electron chi connectivity index (χ1n) is 3.97. The Morgan fingerprint density at radius 2 is 2.20 bits per heavy atom. The van der Waals surface area contributed by atoms with E-state index in [9.17, 15) is 19.3 Å². The Balaban J connectivity index is 3.00. The van der Waals surface area contributed by atoms with Crippen LogP contribution < -0.4 is 10.6 Å². The van der Waals surface area contributed by atoms with Gasteiger partial charge >= 0.3 is 6.03 Å². The molecule has 0 saturated carbocycles. The summed E-state index contributed by atoms with van der Waals surface area (Å²) in [6, 6.07) is 2.24. The van der Waals surface area contributed by atoms with Gasteiger partial charge in [0.05, 0.1) is 10.6 Å². The van der Waals surface area contributed by atoms with Crippen LogP contribution in [0.4, 0.5) is 20.6 Å². The Hall–Kier alpha value is -2.18. The Kier molecular flexibility index (Phi) is 3.17. The van der Waals surface area contributed by atoms with Crippen LogP contribution in [-0.2, 0) is 0 Å². The molecule has 0 saturated heterocycles. The lowest BCUT2D eigenvalue weighted by molar-refractivity contribution is -0.384. The molecule has 1 aromatic rings. The minimum atomic E-state index is -0.732. The molecule has 6 nitrogen and oxygen atoms in total. The van der Waals surface area contributed by atoms with E-state index in [1.807, 2.05) is 0 Å². The van der Waals surface area contributed by atoms with Gasteiger partial charge in [0.25, 0.3) is 5.69 Å². The van der Waals surface area contributed by atoms with Crippen LogP contribution in [0.25, 0.3) is 0 Å². The molecular formula is C8H8FN3O3. The largest absolute Gasteiger partial charge is 0.341 e. The van der Waals surface area contributed by atoms with Gasteiger partial charge in [-0.05, 0) is 6.07 Å². The van der Waals surface area contributed by atoms with Crippen LogP contribution in [-0.4, -0.2) is 18.0 Å². The molecular weight excluding hydrogens is 205 g/mol. The average Bonchev–Trinajstić information content (AvgIpc) is 2.20. The molecule has 0 heterocycles. The first kappa shape index (κ1) is 10.9. The van der Waals surface area contributed by atoms with Crippen LogP contribution >= 0.6 is 0 Å². The van der Waals surface area contributed by atoms with E-state index in [-0.39, 0.29) is 11.4 Å². The highest BCUT2D eigenvalue weighted by atomic mass is 19.1. The first-order valence-corrected chi connectivity index (χ1v) is 3.97. The van der Waals surface area contributed by atoms with Crippen molar-refractivity contribution < 1.29 is 14.1 Å². The van der Waals surface area contributed by atoms with Crippen molar-refractivity contribution in [3.8, 4) is 0 Å². The smallest absolute Gasteiger partial charge is 0.319 e. The van der Waals surface area contributed by atoms with E-state index in [0.29, 0.717) is 0 Å². The molecule has 80 valence electrons. The van der Waals surface area contributed by atoms with E-state index in [4.69, 9.17) is 0 Å². The third-order valence-electron chi connectivity index (χ3n) is 1.64. The van der Waals surface area contributed by atoms with Gasteiger partial charge in [-0.25, -0.2) is 9.18 Å². The number of nitrogens with zero attached hydrogens (tertiary/aromatic N) is 1. The fourth-order valence-corrected chi connectivity index (χ4v) is 0.907. The number of carbonyl (C=O) groups excluding carboxylic acids is 1. The number of rotatable bonds is 2. The van der Waals surface area contributed by atoms with Gasteiger partial charge in [-0.15, -0.1) is 0 Å². The van der Waals surface area contributed by atoms with Crippen LogP contribution in [0.1, 0.15) is 0 Å². The highest BCUT2D eigenvalue weighted by Crippen LogP contribution is 2.20. The van der Waals surface area contributed by atoms with Gasteiger partial charge in [0.2, 0.25) is 0 Å². The van der Waals surface area contributed by atoms with Gasteiger partial charge < -0.3 is 10.6 Å². The topological polar surface area (TPSA) is 84.3 Å². The van der Waals surface area contributed by atoms with Gasteiger partial charge in [-0.2, -0.15) is 0 Å². The van der Waals surface area contributed by atoms with E-state index in [0.717, 1.165) is 18.2 Å². The number of non-ortho nitro benzene ring substituents is 1. The van der Waals surface area contributed by atoms with Crippen LogP contribution in [0.2, 0.25) is 0 Å². The predicted octanol–water partition coefficient (Wildman–Crippen LogP) is 1.49. The number of hydrogen-bond acceptors (Lipinski definition) is 3. The third-order valence-corrected chi connectivity index (χ3v) is 1.64. The number of nitro benzene ring substituents is 1. The average molecular weight is 213 g/mol. The molecule has 1 aromatic carbocycles. The Bertz CT molecular complexity index is 408. The second-order valence-electron chi connectivity index (χ2n) is 2.63. The molecule has 0 aliphatic carbocycles. The standard InChI is InChI=1S/C8H8FN3O3/c1-10-8(13)11-7-4-5(12(14)15)2-3-6(7)9/h2-4H,1H3,(H2,10,11,13). The second kappa shape index (κ2) is 4.36. The number of hydrogen-bond donors (Lipinski definition) is 2. The number of benzene rings is 1. The van der Waals surface area contributed by atoms with Crippen LogP contribution in [0.15, 0.2) is 18.2 Å². The molecule has 0 radical (unpaired) electrons. The van der Waals surface area contributed by atoms with Crippen molar-refractivity contribution in [1.29, 1.82) is 0 Å². The first-order chi connectivity index (χ1) is 7.04. The summed E-state index contributed by atoms with van der Waals surface area (Å²) >= 11 is 0. The van der Waals surface area contributed by atoms with Gasteiger partial charge in [0, 0.05) is 19.2 Å². The number of nitro groups is 1. The third kappa shape index (κ3) is 2.63. The summed E-state index contributed by atoms with van der Waals surface area (Å²) < 4.78 is 13.1. The molecule has 0 atom stereocenters. The minimum Gasteiger partial charge on any atom is -0.341 e. The van der Waals surface area contributed by atoms with E-state index >= 15 is 0 Å². The summed E-state index contributed by atoms with van der Waals surface area (Å²) in [6.45, 7) is 0. The van der Waals surface area contributed by atoms with Crippen molar-refractivity contribution in [2.24, 2.45) is 0 Å². The summed E-state index contributed by atoms with van der Waals surface area (Å²) in [5.74, 6) is -0.732. The minimum absolute atomic E-state index is 0.233. The van der Waals surface area contributed by atoms with Gasteiger partial charge in [-0.3, -0.25) is 10.1 Å². The normalized spacial score (nSPS) is 9.47. The Labute approximate surface area is 84.2 Å². The number of carbonyl (C=O) groups is 1. The van der Waals surface area contributed by atoms with E-state index in [1.54, 1.807) is 0 Å². The molecule has 0 bridgehead atoms. The fraction of sp³-hybridized carbons (Fsp3) is 0.125. The highest BCUT2D eigenvalue weighted by molar-refractivity contribution is 5.89. The van der Waals surface area contributed by atoms with Crippen LogP contribution in [0, 0.1) is 15.9 Å². The molecule has 15 heavy (non-hydrogen) atoms. The van der Waals surface area contributed by atoms with Crippen LogP contribution in [0.5, 0.6) is 0 Å². The number of amides is 2. The van der Waals surface area contributed by atoms with Crippen LogP contribution in [0.3, 0.4) is 0 Å². The molecule has 0 aliphatic heterocycles. The van der Waals surface area contributed by atoms with E-state index < -0.39 is 16.8 Å². The van der Waals surface area contributed by atoms with Crippen molar-refractivity contribution in [2.75, 3.05) is 12.4 Å². The fourth-order valence-electron chi connectivity index (χ4n) is 0.907. The van der Waals surface area contributed by atoms with Crippen molar-refractivity contribution in [1.82, 2.24) is 5.32 Å². The number of halogens is 1. The number of urea groups is 1. The second-order valence-corrected chi connectivity index (χ2v) is 2.63. The van der Waals surface area contributed by atoms with Gasteiger partial charge in [0.15, 0.2) is 0 Å². The lowest BCUT2D eigenvalue weighted by Gasteiger charge is -2.04. The maximum absolute atomic E-state index is 13.1. The zero-order chi connectivity index (χ0) is 11.4. The van der Waals surface area contributed by atoms with Gasteiger partial charge in [0.1, 0.15) is 5.82 Å². The van der Waals surface area contributed by atoms with E-state index in [2.05, 4.69) is 10.6 Å². The monoisotopic (exact) mass is 213 g/mol. The van der Waals surface area contributed by atoms with Crippen molar-refractivity contribution in [2.45, 2.75) is 0 Å². The Morgan fingerprint density at radius 1 is 1.53 bits per heavy atom. The summed E-state index contributed by atoms with van der Waals surface area (Å²) in [7, 11) is 1.35. The summed E-state index contributed by atoms with van der Waals surface area (Å²) in [5.41, 5.74) is -0.522. The SMILES string of the molecule is CNC(=O)Nc1cc([N+](=O)[O-])ccc1F. The zero-order valence-electron chi connectivity index (χ0n) is 7.78. The molecule has 0 unspecified atom stereocenters. The molecule has 0 spiro atoms. The van der Waals surface area contributed by atoms with Crippen molar-refractivity contribution in [3.05, 3.63) is 34.1 Å². The van der Waals surface area contributed by atoms with E-state index in [1.165, 1.54) is 7.05 Å². The van der Waals surface area contributed by atoms with Crippen molar-refractivity contribution >= 4 is 17.4 Å². The van der Waals surface area contributed by atoms with Crippen molar-refractivity contribution in [3.63, 3.8) is 0 Å². The maximum atomic E-state index is 13.1. The summed E-state index contributed by atoms with van der Waals surface area (Å²) in [4.78, 5) is 20.6. The molecule has 2 N–H and O–H groups in total. The molecule has 2 amide bonds. The summed E-state index contributed by atoms with van der Waals surface area (Å²) in [5, 5.41) is 14.7. The Morgan fingerprint density at radius 3 is 2.73 bits per heavy atom. The van der Waals surface area contributed by atoms with Gasteiger partial charge in [-0.1, -0.05) is 0 Å². The molecule has 0 aromatic heterocycles. The molecule has 7 heteroatoms. The quantitative estimate of drug-likeness (QED) is 0.576. The summed E-state index contributed by atoms with van der Waals surface area (Å²) in [6.07, 6.45) is 0. The lowest BCUT2D eigenvalue weighted by atomic mass is 10.2. The maximum Gasteiger partial charge on any atom is 0.319 e. The molecule has 0 fully saturated rings. The molecule has 0 aliphatic rings. The lowest BCUT2D eigenvalue weighted by Crippen LogP contribution is -2.25. The number of nitrogens with one attached hydrogen (secondary N) is 2. The predicted molar refractivity (Wildman–Crippen MR) is 51.1 cm³/mol. The molecule has 1 rings (SSSR count). The highest BCUT2D eigenvalue weighted by Gasteiger charge is 2.11. The number of anilines is 1. The zero-order valence-corrected chi connectivity index (χ0v) is 7.78.